The molecule has 2 aromatic carbocycles. The Bertz CT molecular complexity index is 893. The van der Waals surface area contributed by atoms with Crippen LogP contribution in [0.1, 0.15) is 43.4 Å². The Morgan fingerprint density at radius 1 is 1.07 bits per heavy atom. The third-order valence-corrected chi connectivity index (χ3v) is 4.20. The van der Waals surface area contributed by atoms with Gasteiger partial charge in [-0.3, -0.25) is 4.79 Å². The van der Waals surface area contributed by atoms with Gasteiger partial charge in [0.1, 0.15) is 11.5 Å². The lowest BCUT2D eigenvalue weighted by molar-refractivity contribution is -0.145. The first-order valence-corrected chi connectivity index (χ1v) is 9.83. The van der Waals surface area contributed by atoms with Crippen LogP contribution in [0.5, 0.6) is 11.5 Å². The van der Waals surface area contributed by atoms with Gasteiger partial charge in [0.25, 0.3) is 5.91 Å². The van der Waals surface area contributed by atoms with Crippen molar-refractivity contribution in [3.8, 4) is 11.5 Å². The SMILES string of the molecule is CCOC(=O)COc1ccccc1/C=N/NC(=O)COc1cc(C(C)C)ccc1C. The number of hydrogen-bond acceptors (Lipinski definition) is 6. The number of carbonyl (C=O) groups excluding carboxylic acids is 2. The van der Waals surface area contributed by atoms with Crippen LogP contribution in [0.4, 0.5) is 0 Å². The number of amides is 1. The predicted molar refractivity (Wildman–Crippen MR) is 115 cm³/mol. The van der Waals surface area contributed by atoms with Gasteiger partial charge in [0.2, 0.25) is 0 Å². The number of esters is 1. The zero-order chi connectivity index (χ0) is 21.9. The summed E-state index contributed by atoms with van der Waals surface area (Å²) in [6.07, 6.45) is 1.45. The number of rotatable bonds is 10. The molecule has 0 saturated heterocycles. The van der Waals surface area contributed by atoms with Crippen molar-refractivity contribution in [3.05, 3.63) is 59.2 Å². The Labute approximate surface area is 177 Å². The van der Waals surface area contributed by atoms with E-state index in [1.54, 1.807) is 31.2 Å². The summed E-state index contributed by atoms with van der Waals surface area (Å²) in [7, 11) is 0. The highest BCUT2D eigenvalue weighted by atomic mass is 16.6. The standard InChI is InChI=1S/C23H28N2O5/c1-5-28-23(27)15-30-20-9-7-6-8-19(20)13-24-25-22(26)14-29-21-12-18(16(2)3)11-10-17(21)4/h6-13,16H,5,14-15H2,1-4H3,(H,25,26)/b24-13+. The summed E-state index contributed by atoms with van der Waals surface area (Å²) in [5.41, 5.74) is 5.15. The van der Waals surface area contributed by atoms with Crippen LogP contribution in [-0.4, -0.2) is 37.9 Å². The van der Waals surface area contributed by atoms with E-state index in [1.807, 2.05) is 19.1 Å². The fourth-order valence-corrected chi connectivity index (χ4v) is 2.54. The van der Waals surface area contributed by atoms with Crippen molar-refractivity contribution in [2.24, 2.45) is 5.10 Å². The van der Waals surface area contributed by atoms with Crippen molar-refractivity contribution in [1.29, 1.82) is 0 Å². The van der Waals surface area contributed by atoms with Crippen LogP contribution in [0, 0.1) is 6.92 Å². The molecule has 0 aromatic heterocycles. The molecule has 2 rings (SSSR count). The molecule has 0 aliphatic carbocycles. The first-order chi connectivity index (χ1) is 14.4. The number of carbonyl (C=O) groups is 2. The van der Waals surface area contributed by atoms with Crippen molar-refractivity contribution in [1.82, 2.24) is 5.43 Å². The zero-order valence-electron chi connectivity index (χ0n) is 17.8. The molecule has 160 valence electrons. The molecule has 0 saturated carbocycles. The molecular weight excluding hydrogens is 384 g/mol. The van der Waals surface area contributed by atoms with Crippen LogP contribution in [0.25, 0.3) is 0 Å². The van der Waals surface area contributed by atoms with E-state index < -0.39 is 5.97 Å². The molecule has 0 unspecified atom stereocenters. The van der Waals surface area contributed by atoms with Crippen molar-refractivity contribution < 1.29 is 23.8 Å². The van der Waals surface area contributed by atoms with E-state index in [1.165, 1.54) is 6.21 Å². The number of para-hydroxylation sites is 1. The Morgan fingerprint density at radius 2 is 1.80 bits per heavy atom. The normalized spacial score (nSPS) is 10.8. The molecule has 0 atom stereocenters. The molecule has 7 nitrogen and oxygen atoms in total. The number of nitrogens with zero attached hydrogens (tertiary/aromatic N) is 1. The van der Waals surface area contributed by atoms with Crippen LogP contribution in [0.3, 0.4) is 0 Å². The third-order valence-electron chi connectivity index (χ3n) is 4.20. The van der Waals surface area contributed by atoms with E-state index in [2.05, 4.69) is 30.4 Å². The molecule has 0 aliphatic heterocycles. The smallest absolute Gasteiger partial charge is 0.344 e. The van der Waals surface area contributed by atoms with Crippen molar-refractivity contribution in [3.63, 3.8) is 0 Å². The highest BCUT2D eigenvalue weighted by Gasteiger charge is 2.08. The molecule has 0 fully saturated rings. The highest BCUT2D eigenvalue weighted by Crippen LogP contribution is 2.24. The van der Waals surface area contributed by atoms with Crippen LogP contribution < -0.4 is 14.9 Å². The summed E-state index contributed by atoms with van der Waals surface area (Å²) < 4.78 is 15.9. The average Bonchev–Trinajstić information content (AvgIpc) is 2.72. The second-order valence-corrected chi connectivity index (χ2v) is 6.89. The highest BCUT2D eigenvalue weighted by molar-refractivity contribution is 5.85. The van der Waals surface area contributed by atoms with E-state index in [-0.39, 0.29) is 19.1 Å². The Morgan fingerprint density at radius 3 is 2.53 bits per heavy atom. The van der Waals surface area contributed by atoms with Crippen LogP contribution in [0.2, 0.25) is 0 Å². The Kier molecular flexibility index (Phi) is 8.87. The lowest BCUT2D eigenvalue weighted by Gasteiger charge is -2.12. The quantitative estimate of drug-likeness (QED) is 0.366. The lowest BCUT2D eigenvalue weighted by Crippen LogP contribution is -2.24. The van der Waals surface area contributed by atoms with Crippen LogP contribution in [0.15, 0.2) is 47.6 Å². The van der Waals surface area contributed by atoms with Gasteiger partial charge >= 0.3 is 5.97 Å². The second kappa shape index (κ2) is 11.6. The minimum absolute atomic E-state index is 0.152. The summed E-state index contributed by atoms with van der Waals surface area (Å²) in [5.74, 6) is 0.675. The van der Waals surface area contributed by atoms with Gasteiger partial charge in [-0.15, -0.1) is 0 Å². The van der Waals surface area contributed by atoms with Gasteiger partial charge in [0.15, 0.2) is 13.2 Å². The monoisotopic (exact) mass is 412 g/mol. The summed E-state index contributed by atoms with van der Waals surface area (Å²) in [5, 5.41) is 3.95. The predicted octanol–water partition coefficient (Wildman–Crippen LogP) is 3.59. The fraction of sp³-hybridized carbons (Fsp3) is 0.348. The van der Waals surface area contributed by atoms with Gasteiger partial charge in [-0.25, -0.2) is 10.2 Å². The summed E-state index contributed by atoms with van der Waals surface area (Å²) in [6.45, 7) is 7.80. The Hall–Kier alpha value is -3.35. The minimum Gasteiger partial charge on any atom is -0.483 e. The fourth-order valence-electron chi connectivity index (χ4n) is 2.54. The maximum atomic E-state index is 12.1. The van der Waals surface area contributed by atoms with E-state index in [0.717, 1.165) is 11.1 Å². The summed E-state index contributed by atoms with van der Waals surface area (Å²) in [6, 6.07) is 13.0. The molecule has 2 aromatic rings. The summed E-state index contributed by atoms with van der Waals surface area (Å²) in [4.78, 5) is 23.5. The zero-order valence-corrected chi connectivity index (χ0v) is 17.8. The molecule has 0 radical (unpaired) electrons. The average molecular weight is 412 g/mol. The number of aryl methyl sites for hydroxylation is 1. The van der Waals surface area contributed by atoms with Crippen molar-refractivity contribution in [2.75, 3.05) is 19.8 Å². The van der Waals surface area contributed by atoms with Gasteiger partial charge in [0.05, 0.1) is 12.8 Å². The molecule has 7 heteroatoms. The maximum Gasteiger partial charge on any atom is 0.344 e. The summed E-state index contributed by atoms with van der Waals surface area (Å²) >= 11 is 0. The number of nitrogens with one attached hydrogen (secondary N) is 1. The molecule has 0 heterocycles. The largest absolute Gasteiger partial charge is 0.483 e. The number of benzene rings is 2. The van der Waals surface area contributed by atoms with Gasteiger partial charge in [0, 0.05) is 5.56 Å². The third kappa shape index (κ3) is 7.24. The number of hydrogen-bond donors (Lipinski definition) is 1. The molecule has 1 N–H and O–H groups in total. The first kappa shape index (κ1) is 22.9. The molecule has 30 heavy (non-hydrogen) atoms. The number of hydrazone groups is 1. The van der Waals surface area contributed by atoms with Crippen LogP contribution >= 0.6 is 0 Å². The van der Waals surface area contributed by atoms with Crippen molar-refractivity contribution in [2.45, 2.75) is 33.6 Å². The second-order valence-electron chi connectivity index (χ2n) is 6.89. The van der Waals surface area contributed by atoms with Gasteiger partial charge in [-0.1, -0.05) is 38.1 Å². The first-order valence-electron chi connectivity index (χ1n) is 9.83. The van der Waals surface area contributed by atoms with Gasteiger partial charge < -0.3 is 14.2 Å². The van der Waals surface area contributed by atoms with E-state index >= 15 is 0 Å². The van der Waals surface area contributed by atoms with E-state index in [4.69, 9.17) is 14.2 Å². The van der Waals surface area contributed by atoms with Crippen molar-refractivity contribution >= 4 is 18.1 Å². The molecule has 1 amide bonds. The molecule has 0 bridgehead atoms. The lowest BCUT2D eigenvalue weighted by atomic mass is 10.0. The Balaban J connectivity index is 1.89. The maximum absolute atomic E-state index is 12.1. The van der Waals surface area contributed by atoms with E-state index in [0.29, 0.717) is 29.6 Å². The molecular formula is C23H28N2O5. The molecule has 0 spiro atoms. The minimum atomic E-state index is -0.452. The van der Waals surface area contributed by atoms with Gasteiger partial charge in [-0.2, -0.15) is 5.10 Å². The van der Waals surface area contributed by atoms with Gasteiger partial charge in [-0.05, 0) is 49.1 Å². The van der Waals surface area contributed by atoms with Crippen LogP contribution in [-0.2, 0) is 14.3 Å². The topological polar surface area (TPSA) is 86.2 Å². The number of ether oxygens (including phenoxy) is 3. The molecule has 0 aliphatic rings. The van der Waals surface area contributed by atoms with E-state index in [9.17, 15) is 9.59 Å².